The van der Waals surface area contributed by atoms with Gasteiger partial charge in [0.1, 0.15) is 5.75 Å². The highest BCUT2D eigenvalue weighted by atomic mass is 35.5. The Bertz CT molecular complexity index is 576. The van der Waals surface area contributed by atoms with Gasteiger partial charge in [0.15, 0.2) is 0 Å². The zero-order valence-corrected chi connectivity index (χ0v) is 10.9. The van der Waals surface area contributed by atoms with Crippen LogP contribution in [0.5, 0.6) is 5.75 Å². The number of alkyl halides is 3. The first-order chi connectivity index (χ1) is 8.83. The lowest BCUT2D eigenvalue weighted by atomic mass is 10.1. The maximum Gasteiger partial charge on any atom is 0.573 e. The third-order valence-corrected chi connectivity index (χ3v) is 2.70. The molecule has 0 spiro atoms. The normalized spacial score (nSPS) is 11.4. The molecule has 2 aromatic rings. The molecule has 6 heteroatoms. The Morgan fingerprint density at radius 1 is 0.842 bits per heavy atom. The Balaban J connectivity index is 2.37. The van der Waals surface area contributed by atoms with Crippen LogP contribution < -0.4 is 4.74 Å². The van der Waals surface area contributed by atoms with Gasteiger partial charge in [0.2, 0.25) is 0 Å². The molecular weight excluding hydrogens is 300 g/mol. The largest absolute Gasteiger partial charge is 0.573 e. The van der Waals surface area contributed by atoms with Gasteiger partial charge in [-0.1, -0.05) is 35.3 Å². The minimum absolute atomic E-state index is 0.291. The molecule has 0 aromatic heterocycles. The smallest absolute Gasteiger partial charge is 0.406 e. The molecule has 1 nitrogen and oxygen atoms in total. The molecular formula is C13H7Cl2F3O. The molecule has 0 aliphatic rings. The average Bonchev–Trinajstić information content (AvgIpc) is 2.25. The monoisotopic (exact) mass is 306 g/mol. The van der Waals surface area contributed by atoms with Crippen molar-refractivity contribution in [3.8, 4) is 16.9 Å². The molecule has 0 atom stereocenters. The summed E-state index contributed by atoms with van der Waals surface area (Å²) in [4.78, 5) is 0. The van der Waals surface area contributed by atoms with Crippen LogP contribution in [0.4, 0.5) is 13.2 Å². The number of ether oxygens (including phenoxy) is 1. The second-order valence-corrected chi connectivity index (χ2v) is 4.61. The fraction of sp³-hybridized carbons (Fsp3) is 0.0769. The van der Waals surface area contributed by atoms with E-state index in [0.717, 1.165) is 0 Å². The summed E-state index contributed by atoms with van der Waals surface area (Å²) in [5.41, 5.74) is 1.15. The van der Waals surface area contributed by atoms with E-state index in [1.807, 2.05) is 0 Å². The molecule has 0 amide bonds. The SMILES string of the molecule is FC(F)(F)Oc1cccc(-c2cc(Cl)cc(Cl)c2)c1. The molecule has 19 heavy (non-hydrogen) atoms. The summed E-state index contributed by atoms with van der Waals surface area (Å²) in [5, 5.41) is 0.814. The van der Waals surface area contributed by atoms with E-state index in [9.17, 15) is 13.2 Å². The van der Waals surface area contributed by atoms with Gasteiger partial charge in [0.05, 0.1) is 0 Å². The first-order valence-corrected chi connectivity index (χ1v) is 5.91. The van der Waals surface area contributed by atoms with Crippen LogP contribution in [0.1, 0.15) is 0 Å². The molecule has 0 saturated carbocycles. The van der Waals surface area contributed by atoms with E-state index >= 15 is 0 Å². The van der Waals surface area contributed by atoms with Crippen molar-refractivity contribution >= 4 is 23.2 Å². The van der Waals surface area contributed by atoms with Crippen LogP contribution in [0.3, 0.4) is 0 Å². The second kappa shape index (κ2) is 5.31. The second-order valence-electron chi connectivity index (χ2n) is 3.73. The Kier molecular flexibility index (Phi) is 3.92. The van der Waals surface area contributed by atoms with Gasteiger partial charge < -0.3 is 4.74 Å². The van der Waals surface area contributed by atoms with Gasteiger partial charge in [-0.25, -0.2) is 0 Å². The Morgan fingerprint density at radius 3 is 2.05 bits per heavy atom. The lowest BCUT2D eigenvalue weighted by Crippen LogP contribution is -2.17. The third-order valence-electron chi connectivity index (χ3n) is 2.26. The fourth-order valence-electron chi connectivity index (χ4n) is 1.59. The van der Waals surface area contributed by atoms with E-state index in [0.29, 0.717) is 21.2 Å². The molecule has 2 rings (SSSR count). The summed E-state index contributed by atoms with van der Waals surface area (Å²) in [6.07, 6.45) is -4.72. The number of rotatable bonds is 2. The first-order valence-electron chi connectivity index (χ1n) is 5.16. The highest BCUT2D eigenvalue weighted by Crippen LogP contribution is 2.31. The van der Waals surface area contributed by atoms with Gasteiger partial charge in [-0.3, -0.25) is 0 Å². The van der Waals surface area contributed by atoms with Gasteiger partial charge in [-0.2, -0.15) is 0 Å². The van der Waals surface area contributed by atoms with E-state index in [2.05, 4.69) is 4.74 Å². The molecule has 0 aliphatic carbocycles. The third kappa shape index (κ3) is 4.04. The summed E-state index contributed by atoms with van der Waals surface area (Å²) < 4.78 is 40.3. The first kappa shape index (κ1) is 14.0. The quantitative estimate of drug-likeness (QED) is 0.706. The number of halogens is 5. The number of hydrogen-bond donors (Lipinski definition) is 0. The summed E-state index contributed by atoms with van der Waals surface area (Å²) in [7, 11) is 0. The minimum atomic E-state index is -4.72. The standard InChI is InChI=1S/C13H7Cl2F3O/c14-10-4-9(5-11(15)7-10)8-2-1-3-12(6-8)19-13(16,17)18/h1-7H. The van der Waals surface area contributed by atoms with Gasteiger partial charge in [0, 0.05) is 10.0 Å². The Hall–Kier alpha value is -1.39. The Morgan fingerprint density at radius 2 is 1.47 bits per heavy atom. The van der Waals surface area contributed by atoms with Gasteiger partial charge >= 0.3 is 6.36 Å². The van der Waals surface area contributed by atoms with Crippen LogP contribution in [0.25, 0.3) is 11.1 Å². The van der Waals surface area contributed by atoms with Crippen LogP contribution in [0, 0.1) is 0 Å². The maximum absolute atomic E-state index is 12.1. The van der Waals surface area contributed by atoms with E-state index < -0.39 is 6.36 Å². The van der Waals surface area contributed by atoms with Crippen molar-refractivity contribution in [3.63, 3.8) is 0 Å². The fourth-order valence-corrected chi connectivity index (χ4v) is 2.12. The molecule has 0 heterocycles. The van der Waals surface area contributed by atoms with Crippen molar-refractivity contribution in [3.05, 3.63) is 52.5 Å². The van der Waals surface area contributed by atoms with E-state index in [4.69, 9.17) is 23.2 Å². The molecule has 0 saturated heterocycles. The maximum atomic E-state index is 12.1. The van der Waals surface area contributed by atoms with Crippen molar-refractivity contribution in [1.29, 1.82) is 0 Å². The van der Waals surface area contributed by atoms with Gasteiger partial charge in [0.25, 0.3) is 0 Å². The van der Waals surface area contributed by atoms with Gasteiger partial charge in [-0.05, 0) is 41.5 Å². The number of benzene rings is 2. The Labute approximate surface area is 117 Å². The van der Waals surface area contributed by atoms with Gasteiger partial charge in [-0.15, -0.1) is 13.2 Å². The van der Waals surface area contributed by atoms with E-state index in [1.165, 1.54) is 18.2 Å². The summed E-state index contributed by atoms with van der Waals surface area (Å²) in [5.74, 6) is -0.291. The van der Waals surface area contributed by atoms with Crippen molar-refractivity contribution in [2.24, 2.45) is 0 Å². The summed E-state index contributed by atoms with van der Waals surface area (Å²) >= 11 is 11.7. The van der Waals surface area contributed by atoms with Crippen molar-refractivity contribution in [1.82, 2.24) is 0 Å². The zero-order valence-electron chi connectivity index (χ0n) is 9.34. The molecule has 0 N–H and O–H groups in total. The van der Waals surface area contributed by atoms with E-state index in [1.54, 1.807) is 24.3 Å². The predicted octanol–water partition coefficient (Wildman–Crippen LogP) is 5.56. The topological polar surface area (TPSA) is 9.23 Å². The van der Waals surface area contributed by atoms with Crippen LogP contribution in [0.2, 0.25) is 10.0 Å². The van der Waals surface area contributed by atoms with Crippen LogP contribution in [0.15, 0.2) is 42.5 Å². The predicted molar refractivity (Wildman–Crippen MR) is 68.6 cm³/mol. The molecule has 0 fully saturated rings. The number of hydrogen-bond acceptors (Lipinski definition) is 1. The average molecular weight is 307 g/mol. The lowest BCUT2D eigenvalue weighted by molar-refractivity contribution is -0.274. The minimum Gasteiger partial charge on any atom is -0.406 e. The summed E-state index contributed by atoms with van der Waals surface area (Å²) in [6.45, 7) is 0. The molecule has 100 valence electrons. The molecule has 0 bridgehead atoms. The van der Waals surface area contributed by atoms with Crippen molar-refractivity contribution in [2.75, 3.05) is 0 Å². The molecule has 0 aliphatic heterocycles. The van der Waals surface area contributed by atoms with Crippen molar-refractivity contribution < 1.29 is 17.9 Å². The highest BCUT2D eigenvalue weighted by molar-refractivity contribution is 6.35. The molecule has 2 aromatic carbocycles. The lowest BCUT2D eigenvalue weighted by Gasteiger charge is -2.10. The van der Waals surface area contributed by atoms with Crippen LogP contribution in [-0.4, -0.2) is 6.36 Å². The molecule has 0 radical (unpaired) electrons. The van der Waals surface area contributed by atoms with Crippen LogP contribution >= 0.6 is 23.2 Å². The van der Waals surface area contributed by atoms with E-state index in [-0.39, 0.29) is 5.75 Å². The highest BCUT2D eigenvalue weighted by Gasteiger charge is 2.31. The summed E-state index contributed by atoms with van der Waals surface area (Å²) in [6, 6.07) is 10.4. The van der Waals surface area contributed by atoms with Crippen molar-refractivity contribution in [2.45, 2.75) is 6.36 Å². The van der Waals surface area contributed by atoms with Crippen LogP contribution in [-0.2, 0) is 0 Å². The zero-order chi connectivity index (χ0) is 14.0. The molecule has 0 unspecified atom stereocenters.